The van der Waals surface area contributed by atoms with Gasteiger partial charge in [0.25, 0.3) is 11.8 Å². The van der Waals surface area contributed by atoms with Crippen LogP contribution in [-0.4, -0.2) is 17.9 Å². The molecule has 7 heteroatoms. The zero-order chi connectivity index (χ0) is 23.7. The lowest BCUT2D eigenvalue weighted by Crippen LogP contribution is -2.33. The first kappa shape index (κ1) is 22.6. The molecule has 3 aromatic carbocycles. The third kappa shape index (κ3) is 4.47. The standard InChI is InChI=1S/C26H22ClFN2O3/c1-15(2)33-22-7-5-4-6-21(22)30-25(31)23(17-9-11-18(28)12-10-17)24(26(30)32)29-19-13-8-16(3)20(27)14-19/h4-15,29H,1-3H3. The first-order chi connectivity index (χ1) is 15.8. The highest BCUT2D eigenvalue weighted by Crippen LogP contribution is 2.38. The Labute approximate surface area is 196 Å². The number of hydrogen-bond donors (Lipinski definition) is 1. The quantitative estimate of drug-likeness (QED) is 0.456. The number of para-hydroxylation sites is 2. The van der Waals surface area contributed by atoms with Crippen LogP contribution in [0.3, 0.4) is 0 Å². The molecule has 0 bridgehead atoms. The van der Waals surface area contributed by atoms with Crippen LogP contribution >= 0.6 is 11.6 Å². The predicted molar refractivity (Wildman–Crippen MR) is 128 cm³/mol. The number of benzene rings is 3. The Balaban J connectivity index is 1.83. The Kier molecular flexibility index (Phi) is 6.20. The molecule has 0 aromatic heterocycles. The maximum atomic E-state index is 13.6. The van der Waals surface area contributed by atoms with E-state index in [1.54, 1.807) is 36.4 Å². The number of ether oxygens (including phenoxy) is 1. The molecule has 168 valence electrons. The Morgan fingerprint density at radius 2 is 1.67 bits per heavy atom. The maximum absolute atomic E-state index is 13.6. The van der Waals surface area contributed by atoms with Crippen molar-refractivity contribution in [3.8, 4) is 5.75 Å². The number of hydrogen-bond acceptors (Lipinski definition) is 4. The van der Waals surface area contributed by atoms with E-state index in [9.17, 15) is 14.0 Å². The van der Waals surface area contributed by atoms with Gasteiger partial charge in [-0.05, 0) is 68.3 Å². The number of amides is 2. The van der Waals surface area contributed by atoms with E-state index in [2.05, 4.69) is 5.32 Å². The average molecular weight is 465 g/mol. The van der Waals surface area contributed by atoms with Gasteiger partial charge in [-0.1, -0.05) is 41.9 Å². The molecule has 33 heavy (non-hydrogen) atoms. The third-order valence-electron chi connectivity index (χ3n) is 5.13. The van der Waals surface area contributed by atoms with Crippen LogP contribution in [0, 0.1) is 12.7 Å². The molecule has 0 atom stereocenters. The number of carbonyl (C=O) groups is 2. The van der Waals surface area contributed by atoms with Crippen LogP contribution in [0.2, 0.25) is 5.02 Å². The van der Waals surface area contributed by atoms with Gasteiger partial charge in [-0.3, -0.25) is 9.59 Å². The zero-order valence-electron chi connectivity index (χ0n) is 18.4. The minimum Gasteiger partial charge on any atom is -0.489 e. The number of carbonyl (C=O) groups excluding carboxylic acids is 2. The second kappa shape index (κ2) is 9.08. The fourth-order valence-corrected chi connectivity index (χ4v) is 3.74. The lowest BCUT2D eigenvalue weighted by atomic mass is 10.0. The van der Waals surface area contributed by atoms with Gasteiger partial charge in [-0.15, -0.1) is 0 Å². The Morgan fingerprint density at radius 3 is 2.33 bits per heavy atom. The predicted octanol–water partition coefficient (Wildman–Crippen LogP) is 5.97. The molecule has 0 aliphatic carbocycles. The Morgan fingerprint density at radius 1 is 0.970 bits per heavy atom. The van der Waals surface area contributed by atoms with Gasteiger partial charge in [0.05, 0.1) is 17.4 Å². The van der Waals surface area contributed by atoms with E-state index in [0.717, 1.165) is 10.5 Å². The monoisotopic (exact) mass is 464 g/mol. The highest BCUT2D eigenvalue weighted by molar-refractivity contribution is 6.46. The molecule has 0 saturated heterocycles. The van der Waals surface area contributed by atoms with Crippen molar-refractivity contribution in [2.75, 3.05) is 10.2 Å². The van der Waals surface area contributed by atoms with Crippen molar-refractivity contribution in [3.05, 3.63) is 94.4 Å². The van der Waals surface area contributed by atoms with Crippen molar-refractivity contribution in [3.63, 3.8) is 0 Å². The largest absolute Gasteiger partial charge is 0.489 e. The summed E-state index contributed by atoms with van der Waals surface area (Å²) in [5, 5.41) is 3.58. The lowest BCUT2D eigenvalue weighted by Gasteiger charge is -2.20. The third-order valence-corrected chi connectivity index (χ3v) is 5.53. The molecule has 1 heterocycles. The van der Waals surface area contributed by atoms with Gasteiger partial charge in [-0.2, -0.15) is 0 Å². The summed E-state index contributed by atoms with van der Waals surface area (Å²) in [6.07, 6.45) is -0.157. The smallest absolute Gasteiger partial charge is 0.282 e. The fourth-order valence-electron chi connectivity index (χ4n) is 3.56. The SMILES string of the molecule is Cc1ccc(NC2=C(c3ccc(F)cc3)C(=O)N(c3ccccc3OC(C)C)C2=O)cc1Cl. The van der Waals surface area contributed by atoms with Gasteiger partial charge in [0, 0.05) is 10.7 Å². The Bertz CT molecular complexity index is 1270. The van der Waals surface area contributed by atoms with Gasteiger partial charge in [0.1, 0.15) is 17.3 Å². The normalized spacial score (nSPS) is 13.8. The van der Waals surface area contributed by atoms with Crippen LogP contribution < -0.4 is 15.0 Å². The molecule has 1 N–H and O–H groups in total. The van der Waals surface area contributed by atoms with Crippen LogP contribution in [0.25, 0.3) is 5.57 Å². The summed E-state index contributed by atoms with van der Waals surface area (Å²) in [7, 11) is 0. The number of halogens is 2. The van der Waals surface area contributed by atoms with Gasteiger partial charge < -0.3 is 10.1 Å². The minimum absolute atomic E-state index is 0.0749. The van der Waals surface area contributed by atoms with Gasteiger partial charge in [-0.25, -0.2) is 9.29 Å². The molecule has 1 aliphatic rings. The number of nitrogens with one attached hydrogen (secondary N) is 1. The van der Waals surface area contributed by atoms with E-state index in [4.69, 9.17) is 16.3 Å². The molecule has 2 amide bonds. The second-order valence-electron chi connectivity index (χ2n) is 7.93. The molecule has 0 fully saturated rings. The van der Waals surface area contributed by atoms with E-state index in [1.165, 1.54) is 24.3 Å². The first-order valence-electron chi connectivity index (χ1n) is 10.4. The van der Waals surface area contributed by atoms with Gasteiger partial charge in [0.15, 0.2) is 0 Å². The number of rotatable bonds is 6. The van der Waals surface area contributed by atoms with Crippen LogP contribution in [0.5, 0.6) is 5.75 Å². The summed E-state index contributed by atoms with van der Waals surface area (Å²) in [4.78, 5) is 28.3. The maximum Gasteiger partial charge on any atom is 0.282 e. The summed E-state index contributed by atoms with van der Waals surface area (Å²) in [6, 6.07) is 17.6. The summed E-state index contributed by atoms with van der Waals surface area (Å²) in [5.74, 6) is -1.11. The van der Waals surface area contributed by atoms with Crippen molar-refractivity contribution in [1.29, 1.82) is 0 Å². The van der Waals surface area contributed by atoms with E-state index in [-0.39, 0.29) is 17.4 Å². The molecule has 0 saturated carbocycles. The van der Waals surface area contributed by atoms with Crippen molar-refractivity contribution in [2.24, 2.45) is 0 Å². The van der Waals surface area contributed by atoms with Crippen LogP contribution in [0.15, 0.2) is 72.4 Å². The first-order valence-corrected chi connectivity index (χ1v) is 10.8. The molecule has 0 unspecified atom stereocenters. The van der Waals surface area contributed by atoms with Crippen molar-refractivity contribution in [1.82, 2.24) is 0 Å². The summed E-state index contributed by atoms with van der Waals surface area (Å²) < 4.78 is 19.4. The van der Waals surface area contributed by atoms with Crippen LogP contribution in [0.4, 0.5) is 15.8 Å². The Hall–Kier alpha value is -3.64. The molecule has 4 rings (SSSR count). The van der Waals surface area contributed by atoms with Crippen molar-refractivity contribution in [2.45, 2.75) is 26.9 Å². The highest BCUT2D eigenvalue weighted by Gasteiger charge is 2.41. The number of anilines is 2. The topological polar surface area (TPSA) is 58.6 Å². The summed E-state index contributed by atoms with van der Waals surface area (Å²) >= 11 is 6.25. The van der Waals surface area contributed by atoms with E-state index >= 15 is 0 Å². The molecular weight excluding hydrogens is 443 g/mol. The molecule has 3 aromatic rings. The zero-order valence-corrected chi connectivity index (χ0v) is 19.1. The van der Waals surface area contributed by atoms with Crippen LogP contribution in [-0.2, 0) is 9.59 Å². The van der Waals surface area contributed by atoms with Gasteiger partial charge in [0.2, 0.25) is 0 Å². The van der Waals surface area contributed by atoms with E-state index in [0.29, 0.717) is 27.7 Å². The second-order valence-corrected chi connectivity index (χ2v) is 8.33. The number of nitrogens with zero attached hydrogens (tertiary/aromatic N) is 1. The molecular formula is C26H22ClFN2O3. The average Bonchev–Trinajstić information content (AvgIpc) is 3.01. The summed E-state index contributed by atoms with van der Waals surface area (Å²) in [6.45, 7) is 5.59. The molecule has 1 aliphatic heterocycles. The van der Waals surface area contributed by atoms with Crippen molar-refractivity contribution < 1.29 is 18.7 Å². The van der Waals surface area contributed by atoms with Crippen LogP contribution in [0.1, 0.15) is 25.0 Å². The lowest BCUT2D eigenvalue weighted by molar-refractivity contribution is -0.120. The van der Waals surface area contributed by atoms with Gasteiger partial charge >= 0.3 is 0 Å². The van der Waals surface area contributed by atoms with Crippen molar-refractivity contribution >= 4 is 40.4 Å². The molecule has 0 spiro atoms. The number of imide groups is 1. The minimum atomic E-state index is -0.546. The fraction of sp³-hybridized carbons (Fsp3) is 0.154. The molecule has 5 nitrogen and oxygen atoms in total. The number of aryl methyl sites for hydroxylation is 1. The van der Waals surface area contributed by atoms with E-state index < -0.39 is 17.6 Å². The molecule has 0 radical (unpaired) electrons. The van der Waals surface area contributed by atoms with E-state index in [1.807, 2.05) is 26.8 Å². The summed E-state index contributed by atoms with van der Waals surface area (Å²) in [5.41, 5.74) is 2.39. The highest BCUT2D eigenvalue weighted by atomic mass is 35.5.